The van der Waals surface area contributed by atoms with Crippen LogP contribution in [0, 0.1) is 6.92 Å². The molecule has 0 fully saturated rings. The van der Waals surface area contributed by atoms with Crippen molar-refractivity contribution < 1.29 is 14.8 Å². The van der Waals surface area contributed by atoms with Crippen LogP contribution in [0.5, 0.6) is 0 Å². The second kappa shape index (κ2) is 5.18. The predicted octanol–water partition coefficient (Wildman–Crippen LogP) is -0.363. The van der Waals surface area contributed by atoms with Gasteiger partial charge >= 0.3 is 7.12 Å². The molecule has 0 aliphatic carbocycles. The van der Waals surface area contributed by atoms with Crippen LogP contribution < -0.4 is 11.2 Å². The molecular formula is C12H18BNO3. The molecule has 1 aromatic carbocycles. The Morgan fingerprint density at radius 1 is 1.47 bits per heavy atom. The van der Waals surface area contributed by atoms with E-state index in [1.54, 1.807) is 0 Å². The summed E-state index contributed by atoms with van der Waals surface area (Å²) in [4.78, 5) is 0. The minimum absolute atomic E-state index is 0.153. The van der Waals surface area contributed by atoms with E-state index in [1.165, 1.54) is 0 Å². The largest absolute Gasteiger partial charge is 0.492 e. The molecule has 4 nitrogen and oxygen atoms in total. The summed E-state index contributed by atoms with van der Waals surface area (Å²) in [6.07, 6.45) is 1.22. The van der Waals surface area contributed by atoms with Crippen molar-refractivity contribution in [2.24, 2.45) is 5.73 Å². The van der Waals surface area contributed by atoms with Gasteiger partial charge in [0.15, 0.2) is 0 Å². The lowest BCUT2D eigenvalue weighted by atomic mass is 9.74. The van der Waals surface area contributed by atoms with Gasteiger partial charge in [0.1, 0.15) is 0 Å². The van der Waals surface area contributed by atoms with Crippen molar-refractivity contribution in [1.29, 1.82) is 0 Å². The summed E-state index contributed by atoms with van der Waals surface area (Å²) in [5, 5.41) is 18.8. The average Bonchev–Trinajstić information content (AvgIpc) is 2.67. The van der Waals surface area contributed by atoms with Crippen molar-refractivity contribution in [2.45, 2.75) is 25.9 Å². The standard InChI is InChI=1S/C12H18BNO3/c1-8-4-5-9(3-2-6-15)12-11(8)10(7-14)17-13(12)16/h4-5,10,15-16H,2-3,6-7,14H2,1H3/t10-/m1/s1. The highest BCUT2D eigenvalue weighted by atomic mass is 16.5. The molecule has 17 heavy (non-hydrogen) atoms. The molecule has 1 atom stereocenters. The molecule has 0 spiro atoms. The summed E-state index contributed by atoms with van der Waals surface area (Å²) >= 11 is 0. The molecule has 0 radical (unpaired) electrons. The van der Waals surface area contributed by atoms with E-state index in [4.69, 9.17) is 15.5 Å². The van der Waals surface area contributed by atoms with E-state index >= 15 is 0 Å². The predicted molar refractivity (Wildman–Crippen MR) is 67.1 cm³/mol. The van der Waals surface area contributed by atoms with Gasteiger partial charge in [-0.1, -0.05) is 12.1 Å². The highest BCUT2D eigenvalue weighted by Crippen LogP contribution is 2.27. The third-order valence-corrected chi connectivity index (χ3v) is 3.28. The van der Waals surface area contributed by atoms with Gasteiger partial charge in [0, 0.05) is 13.2 Å². The maximum absolute atomic E-state index is 9.95. The fraction of sp³-hybridized carbons (Fsp3) is 0.500. The molecular weight excluding hydrogens is 217 g/mol. The first-order valence-corrected chi connectivity index (χ1v) is 5.95. The van der Waals surface area contributed by atoms with Gasteiger partial charge in [0.2, 0.25) is 0 Å². The van der Waals surface area contributed by atoms with Gasteiger partial charge in [-0.15, -0.1) is 0 Å². The number of hydrogen-bond acceptors (Lipinski definition) is 4. The maximum Gasteiger partial charge on any atom is 0.492 e. The van der Waals surface area contributed by atoms with Crippen molar-refractivity contribution in [2.75, 3.05) is 13.2 Å². The molecule has 0 saturated carbocycles. The Balaban J connectivity index is 2.42. The van der Waals surface area contributed by atoms with Crippen molar-refractivity contribution in [3.05, 3.63) is 28.8 Å². The van der Waals surface area contributed by atoms with E-state index < -0.39 is 7.12 Å². The van der Waals surface area contributed by atoms with E-state index in [-0.39, 0.29) is 12.7 Å². The first-order chi connectivity index (χ1) is 8.19. The summed E-state index contributed by atoms with van der Waals surface area (Å²) in [5.41, 5.74) is 9.67. The first-order valence-electron chi connectivity index (χ1n) is 5.95. The second-order valence-electron chi connectivity index (χ2n) is 4.41. The zero-order valence-corrected chi connectivity index (χ0v) is 10.0. The van der Waals surface area contributed by atoms with Gasteiger partial charge in [0.25, 0.3) is 0 Å². The zero-order chi connectivity index (χ0) is 12.4. The van der Waals surface area contributed by atoms with Crippen LogP contribution in [0.2, 0.25) is 0 Å². The van der Waals surface area contributed by atoms with E-state index in [9.17, 15) is 5.02 Å². The van der Waals surface area contributed by atoms with Crippen LogP contribution in [0.4, 0.5) is 0 Å². The summed E-state index contributed by atoms with van der Waals surface area (Å²) in [6, 6.07) is 4.02. The van der Waals surface area contributed by atoms with E-state index in [0.717, 1.165) is 28.6 Å². The number of aryl methyl sites for hydroxylation is 2. The third-order valence-electron chi connectivity index (χ3n) is 3.28. The fourth-order valence-corrected chi connectivity index (χ4v) is 2.46. The van der Waals surface area contributed by atoms with Crippen LogP contribution >= 0.6 is 0 Å². The molecule has 92 valence electrons. The Hall–Kier alpha value is -0.875. The lowest BCUT2D eigenvalue weighted by Crippen LogP contribution is -2.32. The van der Waals surface area contributed by atoms with E-state index in [2.05, 4.69) is 0 Å². The number of rotatable bonds is 4. The van der Waals surface area contributed by atoms with Gasteiger partial charge in [-0.05, 0) is 41.9 Å². The minimum atomic E-state index is -0.882. The van der Waals surface area contributed by atoms with Crippen LogP contribution in [0.25, 0.3) is 0 Å². The normalized spacial score (nSPS) is 18.6. The van der Waals surface area contributed by atoms with E-state index in [1.807, 2.05) is 19.1 Å². The van der Waals surface area contributed by atoms with Crippen LogP contribution in [0.15, 0.2) is 12.1 Å². The quantitative estimate of drug-likeness (QED) is 0.623. The summed E-state index contributed by atoms with van der Waals surface area (Å²) in [7, 11) is -0.882. The van der Waals surface area contributed by atoms with Gasteiger partial charge in [-0.25, -0.2) is 0 Å². The molecule has 1 aliphatic heterocycles. The SMILES string of the molecule is Cc1ccc(CCCO)c2c1[C@@H](CN)OB2O. The molecule has 4 N–H and O–H groups in total. The summed E-state index contributed by atoms with van der Waals surface area (Å²) < 4.78 is 5.45. The summed E-state index contributed by atoms with van der Waals surface area (Å²) in [6.45, 7) is 2.52. The van der Waals surface area contributed by atoms with Crippen molar-refractivity contribution in [3.8, 4) is 0 Å². The average molecular weight is 235 g/mol. The molecule has 1 heterocycles. The van der Waals surface area contributed by atoms with Gasteiger partial charge in [-0.2, -0.15) is 0 Å². The van der Waals surface area contributed by atoms with Crippen LogP contribution in [-0.4, -0.2) is 30.4 Å². The molecule has 0 bridgehead atoms. The zero-order valence-electron chi connectivity index (χ0n) is 10.0. The number of aliphatic hydroxyl groups excluding tert-OH is 1. The van der Waals surface area contributed by atoms with Crippen molar-refractivity contribution >= 4 is 12.6 Å². The lowest BCUT2D eigenvalue weighted by molar-refractivity contribution is 0.197. The van der Waals surface area contributed by atoms with Gasteiger partial charge in [-0.3, -0.25) is 0 Å². The smallest absolute Gasteiger partial charge is 0.423 e. The van der Waals surface area contributed by atoms with Crippen molar-refractivity contribution in [3.63, 3.8) is 0 Å². The minimum Gasteiger partial charge on any atom is -0.423 e. The lowest BCUT2D eigenvalue weighted by Gasteiger charge is -2.13. The van der Waals surface area contributed by atoms with Crippen molar-refractivity contribution in [1.82, 2.24) is 0 Å². The maximum atomic E-state index is 9.95. The molecule has 2 rings (SSSR count). The molecule has 1 aromatic rings. The molecule has 1 aliphatic rings. The Morgan fingerprint density at radius 3 is 2.88 bits per heavy atom. The Bertz CT molecular complexity index is 411. The Kier molecular flexibility index (Phi) is 3.84. The van der Waals surface area contributed by atoms with Gasteiger partial charge < -0.3 is 20.5 Å². The Morgan fingerprint density at radius 2 is 2.24 bits per heavy atom. The van der Waals surface area contributed by atoms with Gasteiger partial charge in [0.05, 0.1) is 6.10 Å². The first kappa shape index (κ1) is 12.6. The highest BCUT2D eigenvalue weighted by Gasteiger charge is 2.37. The topological polar surface area (TPSA) is 75.7 Å². The second-order valence-corrected chi connectivity index (χ2v) is 4.41. The van der Waals surface area contributed by atoms with Crippen LogP contribution in [-0.2, 0) is 11.1 Å². The molecule has 0 amide bonds. The molecule has 0 unspecified atom stereocenters. The highest BCUT2D eigenvalue weighted by molar-refractivity contribution is 6.62. The number of benzene rings is 1. The van der Waals surface area contributed by atoms with E-state index in [0.29, 0.717) is 13.0 Å². The number of fused-ring (bicyclic) bond motifs is 1. The number of aliphatic hydroxyl groups is 1. The number of hydrogen-bond donors (Lipinski definition) is 3. The van der Waals surface area contributed by atoms with Crippen LogP contribution in [0.3, 0.4) is 0 Å². The molecule has 0 aromatic heterocycles. The van der Waals surface area contributed by atoms with Crippen LogP contribution in [0.1, 0.15) is 29.2 Å². The monoisotopic (exact) mass is 235 g/mol. The number of nitrogens with two attached hydrogens (primary N) is 1. The Labute approximate surface area is 102 Å². The molecule has 0 saturated heterocycles. The fourth-order valence-electron chi connectivity index (χ4n) is 2.46. The molecule has 5 heteroatoms. The summed E-state index contributed by atoms with van der Waals surface area (Å²) in [5.74, 6) is 0. The third kappa shape index (κ3) is 2.24.